The lowest BCUT2D eigenvalue weighted by molar-refractivity contribution is -0.386. The number of nitro groups is 1. The molecule has 0 unspecified atom stereocenters. The van der Waals surface area contributed by atoms with Crippen molar-refractivity contribution in [3.63, 3.8) is 0 Å². The normalized spacial score (nSPS) is 17.3. The maximum Gasteiger partial charge on any atom is 0.410 e. The zero-order valence-electron chi connectivity index (χ0n) is 17.2. The molecule has 0 spiro atoms. The summed E-state index contributed by atoms with van der Waals surface area (Å²) >= 11 is 0. The van der Waals surface area contributed by atoms with Gasteiger partial charge >= 0.3 is 12.1 Å². The second-order valence-electron chi connectivity index (χ2n) is 8.11. The van der Waals surface area contributed by atoms with E-state index in [1.807, 2.05) is 0 Å². The second kappa shape index (κ2) is 9.21. The number of nitrogens with zero attached hydrogens (tertiary/aromatic N) is 2. The number of ether oxygens (including phenoxy) is 2. The molecule has 2 rings (SSSR count). The Morgan fingerprint density at radius 1 is 1.24 bits per heavy atom. The van der Waals surface area contributed by atoms with Crippen LogP contribution in [0.25, 0.3) is 0 Å². The van der Waals surface area contributed by atoms with Gasteiger partial charge in [-0.25, -0.2) is 4.79 Å². The summed E-state index contributed by atoms with van der Waals surface area (Å²) in [6.07, 6.45) is -0.931. The molecule has 0 aliphatic carbocycles. The van der Waals surface area contributed by atoms with Gasteiger partial charge in [0, 0.05) is 19.2 Å². The first kappa shape index (κ1) is 22.6. The molecule has 0 bridgehead atoms. The molecule has 1 amide bonds. The SMILES string of the molecule is COC(=O)[C@@H](C1CCN(C(=O)OC(C)(C)C)CC1)[C@H](O)c1ccccc1[N+](=O)[O-]. The average Bonchev–Trinajstić information content (AvgIpc) is 2.67. The van der Waals surface area contributed by atoms with Gasteiger partial charge in [0.25, 0.3) is 5.69 Å². The van der Waals surface area contributed by atoms with Crippen molar-refractivity contribution in [2.24, 2.45) is 11.8 Å². The highest BCUT2D eigenvalue weighted by Gasteiger charge is 2.41. The second-order valence-corrected chi connectivity index (χ2v) is 8.11. The van der Waals surface area contributed by atoms with Gasteiger partial charge in [-0.3, -0.25) is 14.9 Å². The number of carbonyl (C=O) groups excluding carboxylic acids is 2. The van der Waals surface area contributed by atoms with Gasteiger partial charge in [0.05, 0.1) is 29.6 Å². The van der Waals surface area contributed by atoms with Gasteiger partial charge < -0.3 is 19.5 Å². The monoisotopic (exact) mass is 408 g/mol. The fourth-order valence-corrected chi connectivity index (χ4v) is 3.58. The largest absolute Gasteiger partial charge is 0.469 e. The first-order chi connectivity index (χ1) is 13.5. The number of hydrogen-bond acceptors (Lipinski definition) is 7. The maximum absolute atomic E-state index is 12.5. The van der Waals surface area contributed by atoms with Crippen molar-refractivity contribution >= 4 is 17.7 Å². The number of likely N-dealkylation sites (tertiary alicyclic amines) is 1. The molecule has 1 heterocycles. The summed E-state index contributed by atoms with van der Waals surface area (Å²) in [5.41, 5.74) is -0.784. The van der Waals surface area contributed by atoms with Crippen molar-refractivity contribution in [2.75, 3.05) is 20.2 Å². The lowest BCUT2D eigenvalue weighted by Gasteiger charge is -2.37. The lowest BCUT2D eigenvalue weighted by atomic mass is 9.78. The highest BCUT2D eigenvalue weighted by atomic mass is 16.6. The number of methoxy groups -OCH3 is 1. The van der Waals surface area contributed by atoms with E-state index >= 15 is 0 Å². The minimum Gasteiger partial charge on any atom is -0.469 e. The standard InChI is InChI=1S/C20H28N2O7/c1-20(2,3)29-19(25)21-11-9-13(10-12-21)16(18(24)28-4)17(23)14-7-5-6-8-15(14)22(26)27/h5-8,13,16-17,23H,9-12H2,1-4H3/t16-,17+/m0/s1. The molecule has 0 aromatic heterocycles. The number of nitro benzene ring substituents is 1. The number of para-hydroxylation sites is 1. The Morgan fingerprint density at radius 2 is 1.83 bits per heavy atom. The van der Waals surface area contributed by atoms with Gasteiger partial charge in [-0.2, -0.15) is 0 Å². The van der Waals surface area contributed by atoms with Gasteiger partial charge in [0.15, 0.2) is 0 Å². The number of hydrogen-bond donors (Lipinski definition) is 1. The van der Waals surface area contributed by atoms with Crippen LogP contribution in [0, 0.1) is 22.0 Å². The van der Waals surface area contributed by atoms with E-state index < -0.39 is 34.6 Å². The number of amides is 1. The molecule has 1 aromatic carbocycles. The topological polar surface area (TPSA) is 119 Å². The highest BCUT2D eigenvalue weighted by Crippen LogP contribution is 2.38. The Hall–Kier alpha value is -2.68. The van der Waals surface area contributed by atoms with E-state index in [-0.39, 0.29) is 17.2 Å². The van der Waals surface area contributed by atoms with Gasteiger partial charge in [0.1, 0.15) is 5.60 Å². The third-order valence-corrected chi connectivity index (χ3v) is 4.96. The Balaban J connectivity index is 2.18. The number of benzene rings is 1. The third kappa shape index (κ3) is 5.66. The molecule has 0 radical (unpaired) electrons. The minimum absolute atomic E-state index is 0.0717. The van der Waals surface area contributed by atoms with Crippen molar-refractivity contribution in [3.05, 3.63) is 39.9 Å². The van der Waals surface area contributed by atoms with Crippen LogP contribution in [-0.4, -0.2) is 52.8 Å². The third-order valence-electron chi connectivity index (χ3n) is 4.96. The van der Waals surface area contributed by atoms with E-state index in [0.29, 0.717) is 25.9 Å². The average molecular weight is 408 g/mol. The van der Waals surface area contributed by atoms with Crippen LogP contribution in [0.2, 0.25) is 0 Å². The van der Waals surface area contributed by atoms with Crippen LogP contribution >= 0.6 is 0 Å². The Kier molecular flexibility index (Phi) is 7.18. The molecule has 1 aliphatic rings. The Bertz CT molecular complexity index is 751. The smallest absolute Gasteiger partial charge is 0.410 e. The maximum atomic E-state index is 12.5. The fraction of sp³-hybridized carbons (Fsp3) is 0.600. The zero-order valence-corrected chi connectivity index (χ0v) is 17.2. The van der Waals surface area contributed by atoms with Gasteiger partial charge in [-0.15, -0.1) is 0 Å². The molecule has 2 atom stereocenters. The Labute approximate surface area is 169 Å². The molecule has 1 aromatic rings. The zero-order chi connectivity index (χ0) is 21.8. The molecule has 1 fully saturated rings. The quantitative estimate of drug-likeness (QED) is 0.452. The van der Waals surface area contributed by atoms with Gasteiger partial charge in [-0.1, -0.05) is 12.1 Å². The van der Waals surface area contributed by atoms with E-state index in [1.165, 1.54) is 25.3 Å². The van der Waals surface area contributed by atoms with Crippen molar-refractivity contribution in [2.45, 2.75) is 45.3 Å². The molecular weight excluding hydrogens is 380 g/mol. The molecular formula is C20H28N2O7. The summed E-state index contributed by atoms with van der Waals surface area (Å²) in [6.45, 7) is 6.07. The predicted octanol–water partition coefficient (Wildman–Crippen LogP) is 3.06. The first-order valence-electron chi connectivity index (χ1n) is 9.52. The molecule has 0 saturated carbocycles. The van der Waals surface area contributed by atoms with Crippen LogP contribution in [0.3, 0.4) is 0 Å². The first-order valence-corrected chi connectivity index (χ1v) is 9.52. The van der Waals surface area contributed by atoms with E-state index in [4.69, 9.17) is 9.47 Å². The van der Waals surface area contributed by atoms with Crippen LogP contribution in [0.4, 0.5) is 10.5 Å². The highest BCUT2D eigenvalue weighted by molar-refractivity contribution is 5.74. The minimum atomic E-state index is -1.39. The summed E-state index contributed by atoms with van der Waals surface area (Å²) in [5, 5.41) is 22.2. The summed E-state index contributed by atoms with van der Waals surface area (Å²) in [6, 6.07) is 5.80. The number of rotatable bonds is 5. The molecule has 9 nitrogen and oxygen atoms in total. The van der Waals surface area contributed by atoms with Crippen molar-refractivity contribution in [1.82, 2.24) is 4.90 Å². The van der Waals surface area contributed by atoms with Crippen LogP contribution in [0.1, 0.15) is 45.3 Å². The number of aliphatic hydroxyl groups is 1. The molecule has 1 N–H and O–H groups in total. The van der Waals surface area contributed by atoms with Crippen LogP contribution in [0.15, 0.2) is 24.3 Å². The number of piperidine rings is 1. The summed E-state index contributed by atoms with van der Waals surface area (Å²) < 4.78 is 10.2. The van der Waals surface area contributed by atoms with Crippen molar-refractivity contribution < 1.29 is 29.1 Å². The van der Waals surface area contributed by atoms with Gasteiger partial charge in [-0.05, 0) is 45.6 Å². The summed E-state index contributed by atoms with van der Waals surface area (Å²) in [7, 11) is 1.22. The molecule has 1 saturated heterocycles. The predicted molar refractivity (Wildman–Crippen MR) is 104 cm³/mol. The Morgan fingerprint density at radius 3 is 2.34 bits per heavy atom. The summed E-state index contributed by atoms with van der Waals surface area (Å²) in [5.74, 6) is -1.90. The van der Waals surface area contributed by atoms with E-state index in [0.717, 1.165) is 0 Å². The van der Waals surface area contributed by atoms with Crippen LogP contribution in [-0.2, 0) is 14.3 Å². The number of carbonyl (C=O) groups is 2. The van der Waals surface area contributed by atoms with Crippen molar-refractivity contribution in [3.8, 4) is 0 Å². The molecule has 160 valence electrons. The molecule has 1 aliphatic heterocycles. The number of aliphatic hydroxyl groups excluding tert-OH is 1. The molecule has 29 heavy (non-hydrogen) atoms. The molecule has 9 heteroatoms. The lowest BCUT2D eigenvalue weighted by Crippen LogP contribution is -2.44. The van der Waals surface area contributed by atoms with Crippen molar-refractivity contribution in [1.29, 1.82) is 0 Å². The van der Waals surface area contributed by atoms with Gasteiger partial charge in [0.2, 0.25) is 0 Å². The van der Waals surface area contributed by atoms with Crippen LogP contribution in [0.5, 0.6) is 0 Å². The summed E-state index contributed by atoms with van der Waals surface area (Å²) in [4.78, 5) is 37.0. The van der Waals surface area contributed by atoms with E-state index in [2.05, 4.69) is 0 Å². The fourth-order valence-electron chi connectivity index (χ4n) is 3.58. The van der Waals surface area contributed by atoms with E-state index in [1.54, 1.807) is 31.7 Å². The number of esters is 1. The van der Waals surface area contributed by atoms with Crippen LogP contribution < -0.4 is 0 Å². The van der Waals surface area contributed by atoms with E-state index in [9.17, 15) is 24.8 Å².